The Balaban J connectivity index is 2.12. The first kappa shape index (κ1) is 14.6. The van der Waals surface area contributed by atoms with Gasteiger partial charge in [0.05, 0.1) is 10.2 Å². The predicted molar refractivity (Wildman–Crippen MR) is 79.1 cm³/mol. The van der Waals surface area contributed by atoms with Crippen molar-refractivity contribution in [2.45, 2.75) is 46.1 Å². The fourth-order valence-electron chi connectivity index (χ4n) is 2.90. The van der Waals surface area contributed by atoms with E-state index < -0.39 is 0 Å². The number of aromatic nitrogens is 2. The molecule has 3 atom stereocenters. The van der Waals surface area contributed by atoms with Crippen molar-refractivity contribution in [3.8, 4) is 0 Å². The van der Waals surface area contributed by atoms with Crippen LogP contribution in [0.2, 0.25) is 0 Å². The van der Waals surface area contributed by atoms with Gasteiger partial charge in [0.2, 0.25) is 0 Å². The Morgan fingerprint density at radius 1 is 1.42 bits per heavy atom. The van der Waals surface area contributed by atoms with E-state index >= 15 is 0 Å². The Morgan fingerprint density at radius 3 is 2.68 bits per heavy atom. The molecule has 0 spiro atoms. The number of amides is 1. The minimum atomic E-state index is -0.0269. The van der Waals surface area contributed by atoms with Crippen molar-refractivity contribution in [3.05, 3.63) is 15.9 Å². The molecule has 5 heteroatoms. The third-order valence-electron chi connectivity index (χ3n) is 4.39. The van der Waals surface area contributed by atoms with Crippen LogP contribution in [0.15, 0.2) is 4.47 Å². The van der Waals surface area contributed by atoms with Crippen molar-refractivity contribution in [3.63, 3.8) is 0 Å². The van der Waals surface area contributed by atoms with Gasteiger partial charge in [-0.1, -0.05) is 26.7 Å². The monoisotopic (exact) mass is 327 g/mol. The molecule has 0 aromatic carbocycles. The highest BCUT2D eigenvalue weighted by molar-refractivity contribution is 9.10. The number of hydrogen-bond acceptors (Lipinski definition) is 2. The molecular formula is C14H22BrN3O. The number of aryl methyl sites for hydroxylation is 2. The standard InChI is InChI=1S/C14H22BrN3O/c1-8-6-5-7-11(9(8)2)16-14(19)13-12(15)10(3)17-18(13)4/h8-9,11H,5-7H2,1-4H3,(H,16,19)/t8-,9-,11-/m1/s1. The Labute approximate surface area is 123 Å². The van der Waals surface area contributed by atoms with E-state index in [9.17, 15) is 4.79 Å². The van der Waals surface area contributed by atoms with Crippen LogP contribution >= 0.6 is 15.9 Å². The number of halogens is 1. The van der Waals surface area contributed by atoms with E-state index in [4.69, 9.17) is 0 Å². The molecule has 1 saturated carbocycles. The Kier molecular flexibility index (Phi) is 4.33. The smallest absolute Gasteiger partial charge is 0.270 e. The lowest BCUT2D eigenvalue weighted by molar-refractivity contribution is 0.0880. The zero-order chi connectivity index (χ0) is 14.2. The van der Waals surface area contributed by atoms with Crippen molar-refractivity contribution >= 4 is 21.8 Å². The second-order valence-corrected chi connectivity index (χ2v) is 6.51. The van der Waals surface area contributed by atoms with Crippen molar-refractivity contribution in [2.24, 2.45) is 18.9 Å². The summed E-state index contributed by atoms with van der Waals surface area (Å²) in [5, 5.41) is 7.45. The second kappa shape index (κ2) is 5.65. The largest absolute Gasteiger partial charge is 0.348 e. The topological polar surface area (TPSA) is 46.9 Å². The highest BCUT2D eigenvalue weighted by atomic mass is 79.9. The van der Waals surface area contributed by atoms with Crippen LogP contribution < -0.4 is 5.32 Å². The summed E-state index contributed by atoms with van der Waals surface area (Å²) in [4.78, 5) is 12.4. The van der Waals surface area contributed by atoms with Gasteiger partial charge < -0.3 is 5.32 Å². The maximum absolute atomic E-state index is 12.4. The average molecular weight is 328 g/mol. The number of rotatable bonds is 2. The molecule has 1 aromatic rings. The molecular weight excluding hydrogens is 306 g/mol. The first-order valence-electron chi connectivity index (χ1n) is 6.91. The summed E-state index contributed by atoms with van der Waals surface area (Å²) in [6.07, 6.45) is 3.54. The van der Waals surface area contributed by atoms with Gasteiger partial charge >= 0.3 is 0 Å². The van der Waals surface area contributed by atoms with Crippen molar-refractivity contribution in [1.29, 1.82) is 0 Å². The van der Waals surface area contributed by atoms with E-state index in [2.05, 4.69) is 40.2 Å². The van der Waals surface area contributed by atoms with Crippen LogP contribution in [-0.2, 0) is 7.05 Å². The van der Waals surface area contributed by atoms with Crippen LogP contribution in [0.25, 0.3) is 0 Å². The molecule has 1 aliphatic rings. The molecule has 19 heavy (non-hydrogen) atoms. The van der Waals surface area contributed by atoms with Crippen LogP contribution in [0, 0.1) is 18.8 Å². The van der Waals surface area contributed by atoms with E-state index in [0.717, 1.165) is 16.6 Å². The third kappa shape index (κ3) is 2.86. The van der Waals surface area contributed by atoms with Gasteiger partial charge in [-0.2, -0.15) is 5.10 Å². The van der Waals surface area contributed by atoms with E-state index in [1.165, 1.54) is 12.8 Å². The molecule has 1 N–H and O–H groups in total. The zero-order valence-electron chi connectivity index (χ0n) is 12.0. The van der Waals surface area contributed by atoms with E-state index in [0.29, 0.717) is 17.5 Å². The molecule has 2 rings (SSSR count). The predicted octanol–water partition coefficient (Wildman–Crippen LogP) is 3.05. The zero-order valence-corrected chi connectivity index (χ0v) is 13.6. The molecule has 0 bridgehead atoms. The van der Waals surface area contributed by atoms with Gasteiger partial charge in [0, 0.05) is 13.1 Å². The fraction of sp³-hybridized carbons (Fsp3) is 0.714. The maximum atomic E-state index is 12.4. The van der Waals surface area contributed by atoms with Gasteiger partial charge in [0.25, 0.3) is 5.91 Å². The summed E-state index contributed by atoms with van der Waals surface area (Å²) < 4.78 is 2.44. The third-order valence-corrected chi connectivity index (χ3v) is 5.34. The SMILES string of the molecule is Cc1nn(C)c(C(=O)N[C@@H]2CCC[C@@H](C)[C@H]2C)c1Br. The maximum Gasteiger partial charge on any atom is 0.270 e. The summed E-state index contributed by atoms with van der Waals surface area (Å²) in [6, 6.07) is 0.276. The highest BCUT2D eigenvalue weighted by Crippen LogP contribution is 2.30. The minimum Gasteiger partial charge on any atom is -0.348 e. The van der Waals surface area contributed by atoms with Gasteiger partial charge in [0.1, 0.15) is 5.69 Å². The lowest BCUT2D eigenvalue weighted by atomic mass is 9.78. The molecule has 0 radical (unpaired) electrons. The van der Waals surface area contributed by atoms with Crippen LogP contribution in [-0.4, -0.2) is 21.7 Å². The van der Waals surface area contributed by atoms with Crippen molar-refractivity contribution < 1.29 is 4.79 Å². The van der Waals surface area contributed by atoms with E-state index in [1.807, 2.05) is 6.92 Å². The quantitative estimate of drug-likeness (QED) is 0.907. The van der Waals surface area contributed by atoms with Crippen LogP contribution in [0.4, 0.5) is 0 Å². The van der Waals surface area contributed by atoms with Crippen molar-refractivity contribution in [1.82, 2.24) is 15.1 Å². The Bertz CT molecular complexity index is 483. The molecule has 1 aromatic heterocycles. The summed E-state index contributed by atoms with van der Waals surface area (Å²) >= 11 is 3.45. The van der Waals surface area contributed by atoms with Gasteiger partial charge in [0.15, 0.2) is 0 Å². The number of carbonyl (C=O) groups is 1. The molecule has 0 unspecified atom stereocenters. The Morgan fingerprint density at radius 2 is 2.11 bits per heavy atom. The summed E-state index contributed by atoms with van der Waals surface area (Å²) in [6.45, 7) is 6.40. The molecule has 0 aliphatic heterocycles. The van der Waals surface area contributed by atoms with Crippen molar-refractivity contribution in [2.75, 3.05) is 0 Å². The normalized spacial score (nSPS) is 27.3. The second-order valence-electron chi connectivity index (χ2n) is 5.72. The van der Waals surface area contributed by atoms with E-state index in [-0.39, 0.29) is 11.9 Å². The van der Waals surface area contributed by atoms with Crippen LogP contribution in [0.1, 0.15) is 49.3 Å². The summed E-state index contributed by atoms with van der Waals surface area (Å²) in [7, 11) is 1.81. The van der Waals surface area contributed by atoms with Crippen LogP contribution in [0.5, 0.6) is 0 Å². The first-order chi connectivity index (χ1) is 8.91. The first-order valence-corrected chi connectivity index (χ1v) is 7.71. The van der Waals surface area contributed by atoms with Gasteiger partial charge in [-0.05, 0) is 41.1 Å². The van der Waals surface area contributed by atoms with Gasteiger partial charge in [-0.15, -0.1) is 0 Å². The van der Waals surface area contributed by atoms with Crippen LogP contribution in [0.3, 0.4) is 0 Å². The molecule has 1 aliphatic carbocycles. The Hall–Kier alpha value is -0.840. The molecule has 1 heterocycles. The number of nitrogens with one attached hydrogen (secondary N) is 1. The minimum absolute atomic E-state index is 0.0269. The lowest BCUT2D eigenvalue weighted by Crippen LogP contribution is -2.44. The molecule has 106 valence electrons. The molecule has 1 fully saturated rings. The number of nitrogens with zero attached hydrogens (tertiary/aromatic N) is 2. The summed E-state index contributed by atoms with van der Waals surface area (Å²) in [5.41, 5.74) is 1.46. The van der Waals surface area contributed by atoms with E-state index in [1.54, 1.807) is 11.7 Å². The molecule has 4 nitrogen and oxygen atoms in total. The highest BCUT2D eigenvalue weighted by Gasteiger charge is 2.29. The van der Waals surface area contributed by atoms with Gasteiger partial charge in [-0.25, -0.2) is 0 Å². The fourth-order valence-corrected chi connectivity index (χ4v) is 3.42. The molecule has 1 amide bonds. The number of hydrogen-bond donors (Lipinski definition) is 1. The average Bonchev–Trinajstić information content (AvgIpc) is 2.59. The summed E-state index contributed by atoms with van der Waals surface area (Å²) in [5.74, 6) is 1.18. The van der Waals surface area contributed by atoms with Gasteiger partial charge in [-0.3, -0.25) is 9.48 Å². The number of carbonyl (C=O) groups excluding carboxylic acids is 1. The molecule has 0 saturated heterocycles. The lowest BCUT2D eigenvalue weighted by Gasteiger charge is -2.34.